The number of methoxy groups -OCH3 is 1. The molecule has 0 amide bonds. The molecule has 0 saturated heterocycles. The molecule has 0 fully saturated rings. The van der Waals surface area contributed by atoms with Crippen molar-refractivity contribution in [1.29, 1.82) is 5.26 Å². The molecule has 0 heterocycles. The summed E-state index contributed by atoms with van der Waals surface area (Å²) in [5.41, 5.74) is 7.08. The first kappa shape index (κ1) is 13.9. The van der Waals surface area contributed by atoms with Crippen LogP contribution < -0.4 is 10.9 Å². The largest absolute Gasteiger partial charge is 0.465 e. The van der Waals surface area contributed by atoms with E-state index in [0.717, 1.165) is 11.3 Å². The fourth-order valence-corrected chi connectivity index (χ4v) is 1.43. The summed E-state index contributed by atoms with van der Waals surface area (Å²) in [6.45, 7) is 1.88. The summed E-state index contributed by atoms with van der Waals surface area (Å²) >= 11 is 5.82. The Labute approximate surface area is 110 Å². The second-order valence-corrected chi connectivity index (χ2v) is 3.83. The number of esters is 1. The highest BCUT2D eigenvalue weighted by molar-refractivity contribution is 6.30. The van der Waals surface area contributed by atoms with Gasteiger partial charge in [-0.05, 0) is 30.7 Å². The van der Waals surface area contributed by atoms with Crippen LogP contribution in [0.25, 0.3) is 0 Å². The number of anilines is 1. The van der Waals surface area contributed by atoms with E-state index < -0.39 is 5.97 Å². The van der Waals surface area contributed by atoms with Gasteiger partial charge in [-0.3, -0.25) is 0 Å². The van der Waals surface area contributed by atoms with Gasteiger partial charge in [-0.2, -0.15) is 5.26 Å². The Morgan fingerprint density at radius 2 is 2.28 bits per heavy atom. The van der Waals surface area contributed by atoms with Gasteiger partial charge in [0.25, 0.3) is 0 Å². The van der Waals surface area contributed by atoms with Crippen molar-refractivity contribution in [1.82, 2.24) is 5.43 Å². The highest BCUT2D eigenvalue weighted by atomic mass is 35.5. The van der Waals surface area contributed by atoms with E-state index in [-0.39, 0.29) is 5.57 Å². The maximum Gasteiger partial charge on any atom is 0.350 e. The molecular weight excluding hydrogens is 254 g/mol. The summed E-state index contributed by atoms with van der Waals surface area (Å²) in [5, 5.41) is 9.35. The molecule has 1 aromatic carbocycles. The van der Waals surface area contributed by atoms with Gasteiger partial charge in [0.2, 0.25) is 0 Å². The molecule has 5 nitrogen and oxygen atoms in total. The molecule has 1 aromatic rings. The first-order chi connectivity index (χ1) is 8.58. The molecule has 0 spiro atoms. The number of rotatable bonds is 4. The van der Waals surface area contributed by atoms with Gasteiger partial charge < -0.3 is 15.6 Å². The average molecular weight is 266 g/mol. The van der Waals surface area contributed by atoms with E-state index >= 15 is 0 Å². The maximum atomic E-state index is 11.1. The first-order valence-electron chi connectivity index (χ1n) is 5.04. The van der Waals surface area contributed by atoms with Crippen LogP contribution in [0.4, 0.5) is 5.69 Å². The van der Waals surface area contributed by atoms with Gasteiger partial charge in [0, 0.05) is 11.2 Å². The van der Waals surface area contributed by atoms with Gasteiger partial charge in [0.05, 0.1) is 12.8 Å². The van der Waals surface area contributed by atoms with Crippen LogP contribution in [0.15, 0.2) is 30.0 Å². The molecule has 0 saturated carbocycles. The summed E-state index contributed by atoms with van der Waals surface area (Å²) in [7, 11) is 1.21. The Morgan fingerprint density at radius 1 is 1.56 bits per heavy atom. The van der Waals surface area contributed by atoms with E-state index in [1.807, 2.05) is 6.92 Å². The SMILES string of the molecule is COC(=O)/C(C#N)=C/NNc1ccc(Cl)cc1C. The summed E-state index contributed by atoms with van der Waals surface area (Å²) in [6, 6.07) is 7.03. The molecule has 1 rings (SSSR count). The number of benzene rings is 1. The van der Waals surface area contributed by atoms with Gasteiger partial charge in [0.15, 0.2) is 5.57 Å². The van der Waals surface area contributed by atoms with Crippen molar-refractivity contribution in [2.24, 2.45) is 0 Å². The molecule has 0 radical (unpaired) electrons. The van der Waals surface area contributed by atoms with E-state index in [0.29, 0.717) is 5.02 Å². The lowest BCUT2D eigenvalue weighted by molar-refractivity contribution is -0.135. The first-order valence-corrected chi connectivity index (χ1v) is 5.42. The maximum absolute atomic E-state index is 11.1. The zero-order valence-corrected chi connectivity index (χ0v) is 10.7. The number of nitriles is 1. The molecule has 0 unspecified atom stereocenters. The van der Waals surface area contributed by atoms with E-state index in [1.165, 1.54) is 13.3 Å². The second-order valence-electron chi connectivity index (χ2n) is 3.39. The molecule has 0 aromatic heterocycles. The third-order valence-corrected chi connectivity index (χ3v) is 2.37. The van der Waals surface area contributed by atoms with Gasteiger partial charge in [-0.1, -0.05) is 11.6 Å². The quantitative estimate of drug-likeness (QED) is 0.378. The van der Waals surface area contributed by atoms with Crippen molar-refractivity contribution in [3.63, 3.8) is 0 Å². The molecule has 0 aliphatic heterocycles. The summed E-state index contributed by atoms with van der Waals surface area (Å²) in [5.74, 6) is -0.695. The number of carbonyl (C=O) groups is 1. The van der Waals surface area contributed by atoms with Crippen LogP contribution in [0, 0.1) is 18.3 Å². The number of ether oxygens (including phenoxy) is 1. The Bertz CT molecular complexity index is 521. The van der Waals surface area contributed by atoms with Crippen LogP contribution in [0.2, 0.25) is 5.02 Å². The number of hydrogen-bond donors (Lipinski definition) is 2. The Morgan fingerprint density at radius 3 is 2.83 bits per heavy atom. The van der Waals surface area contributed by atoms with Gasteiger partial charge in [0.1, 0.15) is 6.07 Å². The lowest BCUT2D eigenvalue weighted by Gasteiger charge is -2.09. The summed E-state index contributed by atoms with van der Waals surface area (Å²) in [4.78, 5) is 11.1. The fraction of sp³-hybridized carbons (Fsp3) is 0.167. The smallest absolute Gasteiger partial charge is 0.350 e. The highest BCUT2D eigenvalue weighted by Gasteiger charge is 2.07. The number of carbonyl (C=O) groups excluding carboxylic acids is 1. The third kappa shape index (κ3) is 3.68. The number of hydrazine groups is 1. The van der Waals surface area contributed by atoms with Crippen LogP contribution in [0.3, 0.4) is 0 Å². The van der Waals surface area contributed by atoms with Crippen molar-refractivity contribution >= 4 is 23.3 Å². The standard InChI is InChI=1S/C12H12ClN3O2/c1-8-5-10(13)3-4-11(8)16-15-7-9(6-14)12(17)18-2/h3-5,7,15-16H,1-2H3/b9-7+. The molecule has 94 valence electrons. The molecular formula is C12H12ClN3O2. The fourth-order valence-electron chi connectivity index (χ4n) is 1.20. The second kappa shape index (κ2) is 6.52. The minimum Gasteiger partial charge on any atom is -0.465 e. The summed E-state index contributed by atoms with van der Waals surface area (Å²) in [6.07, 6.45) is 1.24. The summed E-state index contributed by atoms with van der Waals surface area (Å²) < 4.78 is 4.43. The highest BCUT2D eigenvalue weighted by Crippen LogP contribution is 2.18. The number of hydrogen-bond acceptors (Lipinski definition) is 5. The number of nitrogens with one attached hydrogen (secondary N) is 2. The van der Waals surface area contributed by atoms with E-state index in [2.05, 4.69) is 15.6 Å². The predicted molar refractivity (Wildman–Crippen MR) is 68.7 cm³/mol. The van der Waals surface area contributed by atoms with E-state index in [4.69, 9.17) is 16.9 Å². The molecule has 0 bridgehead atoms. The van der Waals surface area contributed by atoms with Crippen molar-refractivity contribution in [2.75, 3.05) is 12.5 Å². The zero-order valence-electron chi connectivity index (χ0n) is 9.95. The number of halogens is 1. The minimum absolute atomic E-state index is 0.128. The lowest BCUT2D eigenvalue weighted by Crippen LogP contribution is -2.18. The Balaban J connectivity index is 2.68. The zero-order chi connectivity index (χ0) is 13.5. The van der Waals surface area contributed by atoms with Gasteiger partial charge >= 0.3 is 5.97 Å². The molecule has 18 heavy (non-hydrogen) atoms. The topological polar surface area (TPSA) is 74.2 Å². The number of aryl methyl sites for hydroxylation is 1. The monoisotopic (exact) mass is 265 g/mol. The van der Waals surface area contributed by atoms with Gasteiger partial charge in [-0.25, -0.2) is 4.79 Å². The van der Waals surface area contributed by atoms with Crippen LogP contribution >= 0.6 is 11.6 Å². The van der Waals surface area contributed by atoms with Crippen molar-refractivity contribution in [2.45, 2.75) is 6.92 Å². The minimum atomic E-state index is -0.695. The van der Waals surface area contributed by atoms with Crippen LogP contribution in [0.1, 0.15) is 5.56 Å². The molecule has 6 heteroatoms. The Kier molecular flexibility index (Phi) is 5.03. The predicted octanol–water partition coefficient (Wildman–Crippen LogP) is 2.15. The molecule has 0 aliphatic carbocycles. The van der Waals surface area contributed by atoms with Crippen molar-refractivity contribution in [3.8, 4) is 6.07 Å². The molecule has 2 N–H and O–H groups in total. The average Bonchev–Trinajstić information content (AvgIpc) is 2.36. The van der Waals surface area contributed by atoms with Crippen molar-refractivity contribution < 1.29 is 9.53 Å². The van der Waals surface area contributed by atoms with E-state index in [1.54, 1.807) is 24.3 Å². The molecule has 0 aliphatic rings. The van der Waals surface area contributed by atoms with Gasteiger partial charge in [-0.15, -0.1) is 0 Å². The molecule has 0 atom stereocenters. The van der Waals surface area contributed by atoms with Crippen LogP contribution in [-0.4, -0.2) is 13.1 Å². The third-order valence-electron chi connectivity index (χ3n) is 2.14. The van der Waals surface area contributed by atoms with Crippen LogP contribution in [-0.2, 0) is 9.53 Å². The van der Waals surface area contributed by atoms with Crippen LogP contribution in [0.5, 0.6) is 0 Å². The lowest BCUT2D eigenvalue weighted by atomic mass is 10.2. The Hall–Kier alpha value is -2.19. The van der Waals surface area contributed by atoms with E-state index in [9.17, 15) is 4.79 Å². The number of nitrogens with zero attached hydrogens (tertiary/aromatic N) is 1. The normalized spacial score (nSPS) is 10.4. The van der Waals surface area contributed by atoms with Crippen molar-refractivity contribution in [3.05, 3.63) is 40.6 Å².